The Morgan fingerprint density at radius 3 is 2.57 bits per heavy atom. The van der Waals surface area contributed by atoms with E-state index in [0.717, 1.165) is 38.1 Å². The van der Waals surface area contributed by atoms with E-state index in [4.69, 9.17) is 0 Å². The first-order chi connectivity index (χ1) is 14.3. The van der Waals surface area contributed by atoms with Crippen molar-refractivity contribution in [1.29, 1.82) is 0 Å². The lowest BCUT2D eigenvalue weighted by atomic mass is 9.96. The van der Waals surface area contributed by atoms with E-state index in [0.29, 0.717) is 46.4 Å². The molecule has 158 valence electrons. The zero-order chi connectivity index (χ0) is 21.4. The van der Waals surface area contributed by atoms with Gasteiger partial charge < -0.3 is 4.90 Å². The van der Waals surface area contributed by atoms with Crippen molar-refractivity contribution in [3.63, 3.8) is 0 Å². The van der Waals surface area contributed by atoms with E-state index in [-0.39, 0.29) is 5.56 Å². The van der Waals surface area contributed by atoms with Crippen LogP contribution in [0.4, 0.5) is 8.78 Å². The molecule has 4 nitrogen and oxygen atoms in total. The van der Waals surface area contributed by atoms with Gasteiger partial charge in [-0.2, -0.15) is 0 Å². The van der Waals surface area contributed by atoms with Crippen molar-refractivity contribution in [2.45, 2.75) is 46.2 Å². The highest BCUT2D eigenvalue weighted by Gasteiger charge is 2.23. The monoisotopic (exact) mass is 411 g/mol. The largest absolute Gasteiger partial charge is 0.301 e. The molecule has 0 radical (unpaired) electrons. The van der Waals surface area contributed by atoms with E-state index in [2.05, 4.69) is 23.7 Å². The van der Waals surface area contributed by atoms with Crippen molar-refractivity contribution in [2.24, 2.45) is 5.92 Å². The van der Waals surface area contributed by atoms with Gasteiger partial charge in [0, 0.05) is 19.1 Å². The molecule has 2 aromatic carbocycles. The van der Waals surface area contributed by atoms with Crippen LogP contribution in [0.3, 0.4) is 0 Å². The number of benzene rings is 2. The zero-order valence-corrected chi connectivity index (χ0v) is 17.7. The fourth-order valence-corrected chi connectivity index (χ4v) is 4.38. The average Bonchev–Trinajstić information content (AvgIpc) is 2.73. The lowest BCUT2D eigenvalue weighted by molar-refractivity contribution is 0.129. The third kappa shape index (κ3) is 4.01. The van der Waals surface area contributed by atoms with Gasteiger partial charge in [-0.15, -0.1) is 0 Å². The first kappa shape index (κ1) is 20.7. The van der Waals surface area contributed by atoms with E-state index in [1.165, 1.54) is 6.07 Å². The van der Waals surface area contributed by atoms with Crippen molar-refractivity contribution in [3.05, 3.63) is 64.2 Å². The standard InChI is InChI=1S/C24H27F2N3O/c1-15(2)28-10-4-5-17(13-28)14-29-16(3)27-23-9-7-18(11-20(23)24(29)30)19-6-8-21(25)22(26)12-19/h6-9,11-12,15,17H,4-5,10,13-14H2,1-3H3/t17-/m0/s1. The number of piperidine rings is 1. The fourth-order valence-electron chi connectivity index (χ4n) is 4.38. The second-order valence-corrected chi connectivity index (χ2v) is 8.53. The van der Waals surface area contributed by atoms with Crippen molar-refractivity contribution in [3.8, 4) is 11.1 Å². The first-order valence-corrected chi connectivity index (χ1v) is 10.5. The number of aromatic nitrogens is 2. The highest BCUT2D eigenvalue weighted by Crippen LogP contribution is 2.25. The summed E-state index contributed by atoms with van der Waals surface area (Å²) < 4.78 is 28.7. The summed E-state index contributed by atoms with van der Waals surface area (Å²) in [6, 6.07) is 9.55. The van der Waals surface area contributed by atoms with Gasteiger partial charge in [0.25, 0.3) is 5.56 Å². The van der Waals surface area contributed by atoms with Crippen molar-refractivity contribution < 1.29 is 8.78 Å². The van der Waals surface area contributed by atoms with E-state index >= 15 is 0 Å². The molecule has 1 aromatic heterocycles. The van der Waals surface area contributed by atoms with Crippen LogP contribution in [-0.4, -0.2) is 33.6 Å². The molecule has 0 N–H and O–H groups in total. The molecule has 0 aliphatic carbocycles. The van der Waals surface area contributed by atoms with Crippen molar-refractivity contribution >= 4 is 10.9 Å². The molecule has 3 aromatic rings. The van der Waals surface area contributed by atoms with Gasteiger partial charge in [-0.1, -0.05) is 12.1 Å². The van der Waals surface area contributed by atoms with Gasteiger partial charge in [-0.3, -0.25) is 9.36 Å². The lowest BCUT2D eigenvalue weighted by Gasteiger charge is -2.35. The summed E-state index contributed by atoms with van der Waals surface area (Å²) in [4.78, 5) is 20.4. The maximum absolute atomic E-state index is 13.7. The van der Waals surface area contributed by atoms with Crippen LogP contribution in [0.2, 0.25) is 0 Å². The van der Waals surface area contributed by atoms with Crippen molar-refractivity contribution in [2.75, 3.05) is 13.1 Å². The molecular weight excluding hydrogens is 384 g/mol. The Kier molecular flexibility index (Phi) is 5.69. The Morgan fingerprint density at radius 2 is 1.83 bits per heavy atom. The Balaban J connectivity index is 1.70. The Morgan fingerprint density at radius 1 is 1.10 bits per heavy atom. The third-order valence-corrected chi connectivity index (χ3v) is 6.12. The topological polar surface area (TPSA) is 38.1 Å². The molecule has 1 saturated heterocycles. The Hall–Kier alpha value is -2.60. The Labute approximate surface area is 175 Å². The zero-order valence-electron chi connectivity index (χ0n) is 17.7. The minimum absolute atomic E-state index is 0.0800. The summed E-state index contributed by atoms with van der Waals surface area (Å²) in [5.41, 5.74) is 1.73. The summed E-state index contributed by atoms with van der Waals surface area (Å²) >= 11 is 0. The minimum atomic E-state index is -0.904. The smallest absolute Gasteiger partial charge is 0.261 e. The summed E-state index contributed by atoms with van der Waals surface area (Å²) in [5, 5.41) is 0.499. The minimum Gasteiger partial charge on any atom is -0.301 e. The molecule has 1 fully saturated rings. The second-order valence-electron chi connectivity index (χ2n) is 8.53. The van der Waals surface area contributed by atoms with E-state index in [1.807, 2.05) is 6.92 Å². The molecule has 0 bridgehead atoms. The number of aryl methyl sites for hydroxylation is 1. The predicted octanol–water partition coefficient (Wildman–Crippen LogP) is 4.77. The molecular formula is C24H27F2N3O. The van der Waals surface area contributed by atoms with Gasteiger partial charge in [-0.05, 0) is 81.5 Å². The number of hydrogen-bond donors (Lipinski definition) is 0. The molecule has 30 heavy (non-hydrogen) atoms. The van der Waals surface area contributed by atoms with Gasteiger partial charge >= 0.3 is 0 Å². The number of rotatable bonds is 4. The lowest BCUT2D eigenvalue weighted by Crippen LogP contribution is -2.42. The quantitative estimate of drug-likeness (QED) is 0.621. The van der Waals surface area contributed by atoms with Crippen LogP contribution >= 0.6 is 0 Å². The SMILES string of the molecule is Cc1nc2ccc(-c3ccc(F)c(F)c3)cc2c(=O)n1C[C@H]1CCCN(C(C)C)C1. The predicted molar refractivity (Wildman–Crippen MR) is 116 cm³/mol. The van der Waals surface area contributed by atoms with E-state index < -0.39 is 11.6 Å². The van der Waals surface area contributed by atoms with E-state index in [1.54, 1.807) is 22.8 Å². The highest BCUT2D eigenvalue weighted by atomic mass is 19.2. The fraction of sp³-hybridized carbons (Fsp3) is 0.417. The molecule has 4 rings (SSSR count). The molecule has 1 aliphatic rings. The average molecular weight is 411 g/mol. The summed E-state index contributed by atoms with van der Waals surface area (Å²) in [6.45, 7) is 9.01. The second kappa shape index (κ2) is 8.26. The van der Waals surface area contributed by atoms with Gasteiger partial charge in [0.2, 0.25) is 0 Å². The number of nitrogens with zero attached hydrogens (tertiary/aromatic N) is 3. The van der Waals surface area contributed by atoms with Crippen LogP contribution in [-0.2, 0) is 6.54 Å². The van der Waals surface area contributed by atoms with Crippen LogP contribution in [0.15, 0.2) is 41.2 Å². The van der Waals surface area contributed by atoms with Gasteiger partial charge in [0.05, 0.1) is 10.9 Å². The molecule has 2 heterocycles. The van der Waals surface area contributed by atoms with Gasteiger partial charge in [-0.25, -0.2) is 13.8 Å². The molecule has 6 heteroatoms. The van der Waals surface area contributed by atoms with Crippen LogP contribution in [0.5, 0.6) is 0 Å². The van der Waals surface area contributed by atoms with Gasteiger partial charge in [0.1, 0.15) is 5.82 Å². The summed E-state index contributed by atoms with van der Waals surface area (Å²) in [5.74, 6) is -0.679. The Bertz CT molecular complexity index is 1140. The molecule has 1 atom stereocenters. The molecule has 0 spiro atoms. The number of fused-ring (bicyclic) bond motifs is 1. The van der Waals surface area contributed by atoms with Crippen LogP contribution < -0.4 is 5.56 Å². The van der Waals surface area contributed by atoms with E-state index in [9.17, 15) is 13.6 Å². The molecule has 0 unspecified atom stereocenters. The maximum atomic E-state index is 13.7. The molecule has 0 saturated carbocycles. The summed E-state index contributed by atoms with van der Waals surface area (Å²) in [7, 11) is 0. The number of likely N-dealkylation sites (tertiary alicyclic amines) is 1. The van der Waals surface area contributed by atoms with Crippen molar-refractivity contribution in [1.82, 2.24) is 14.5 Å². The van der Waals surface area contributed by atoms with Crippen LogP contribution in [0.1, 0.15) is 32.5 Å². The van der Waals surface area contributed by atoms with Crippen LogP contribution in [0.25, 0.3) is 22.0 Å². The number of halogens is 2. The third-order valence-electron chi connectivity index (χ3n) is 6.12. The summed E-state index contributed by atoms with van der Waals surface area (Å²) in [6.07, 6.45) is 2.24. The molecule has 0 amide bonds. The first-order valence-electron chi connectivity index (χ1n) is 10.5. The van der Waals surface area contributed by atoms with Gasteiger partial charge in [0.15, 0.2) is 11.6 Å². The van der Waals surface area contributed by atoms with Crippen LogP contribution in [0, 0.1) is 24.5 Å². The maximum Gasteiger partial charge on any atom is 0.261 e. The molecule has 1 aliphatic heterocycles. The number of hydrogen-bond acceptors (Lipinski definition) is 3. The highest BCUT2D eigenvalue weighted by molar-refractivity contribution is 5.83. The normalized spacial score (nSPS) is 17.7.